The van der Waals surface area contributed by atoms with Gasteiger partial charge in [0.05, 0.1) is 0 Å². The van der Waals surface area contributed by atoms with Gasteiger partial charge in [-0.15, -0.1) is 0 Å². The fraction of sp³-hybridized carbons (Fsp3) is 0.240. The Labute approximate surface area is 177 Å². The maximum absolute atomic E-state index is 12.8. The van der Waals surface area contributed by atoms with Gasteiger partial charge in [0, 0.05) is 43.0 Å². The molecule has 0 spiro atoms. The average Bonchev–Trinajstić information content (AvgIpc) is 2.75. The van der Waals surface area contributed by atoms with Gasteiger partial charge in [0.25, 0.3) is 5.91 Å². The smallest absolute Gasteiger partial charge is 0.253 e. The number of nitrogens with zero attached hydrogens (tertiary/aromatic N) is 2. The lowest BCUT2D eigenvalue weighted by atomic mass is 10.0. The SMILES string of the molecule is CN(Cc1ccc(Cl)cc1)C(=O)c1ccc(CN2CCCc3ccccc32)cc1. The van der Waals surface area contributed by atoms with Crippen LogP contribution in [0.5, 0.6) is 0 Å². The highest BCUT2D eigenvalue weighted by Crippen LogP contribution is 2.28. The first-order chi connectivity index (χ1) is 14.1. The summed E-state index contributed by atoms with van der Waals surface area (Å²) in [4.78, 5) is 16.9. The van der Waals surface area contributed by atoms with Crippen LogP contribution in [0.4, 0.5) is 5.69 Å². The molecule has 148 valence electrons. The first kappa shape index (κ1) is 19.5. The van der Waals surface area contributed by atoms with Crippen LogP contribution in [0, 0.1) is 0 Å². The van der Waals surface area contributed by atoms with Gasteiger partial charge in [0.2, 0.25) is 0 Å². The molecule has 0 radical (unpaired) electrons. The van der Waals surface area contributed by atoms with E-state index in [0.29, 0.717) is 17.1 Å². The minimum atomic E-state index is 0.0230. The van der Waals surface area contributed by atoms with Crippen LogP contribution in [-0.2, 0) is 19.5 Å². The van der Waals surface area contributed by atoms with Crippen LogP contribution in [0.1, 0.15) is 33.5 Å². The topological polar surface area (TPSA) is 23.6 Å². The number of anilines is 1. The summed E-state index contributed by atoms with van der Waals surface area (Å²) < 4.78 is 0. The van der Waals surface area contributed by atoms with Gasteiger partial charge in [-0.05, 0) is 59.9 Å². The predicted octanol–water partition coefficient (Wildman–Crippen LogP) is 5.57. The maximum Gasteiger partial charge on any atom is 0.253 e. The summed E-state index contributed by atoms with van der Waals surface area (Å²) >= 11 is 5.94. The summed E-state index contributed by atoms with van der Waals surface area (Å²) in [6.07, 6.45) is 2.34. The van der Waals surface area contributed by atoms with Crippen LogP contribution in [0.2, 0.25) is 5.02 Å². The minimum absolute atomic E-state index is 0.0230. The summed E-state index contributed by atoms with van der Waals surface area (Å²) in [6.45, 7) is 2.50. The van der Waals surface area contributed by atoms with E-state index in [9.17, 15) is 4.79 Å². The molecule has 1 amide bonds. The Morgan fingerprint density at radius 3 is 2.41 bits per heavy atom. The number of hydrogen-bond donors (Lipinski definition) is 0. The van der Waals surface area contributed by atoms with Crippen LogP contribution in [-0.4, -0.2) is 24.4 Å². The summed E-state index contributed by atoms with van der Waals surface area (Å²) in [5.41, 5.74) is 5.75. The molecule has 3 nitrogen and oxygen atoms in total. The van der Waals surface area contributed by atoms with Crippen molar-refractivity contribution in [2.75, 3.05) is 18.5 Å². The molecule has 3 aromatic rings. The Bertz CT molecular complexity index is 982. The lowest BCUT2D eigenvalue weighted by Gasteiger charge is -2.31. The summed E-state index contributed by atoms with van der Waals surface area (Å²) in [7, 11) is 1.83. The van der Waals surface area contributed by atoms with E-state index in [1.165, 1.54) is 23.2 Å². The van der Waals surface area contributed by atoms with Gasteiger partial charge < -0.3 is 9.80 Å². The first-order valence-corrected chi connectivity index (χ1v) is 10.4. The van der Waals surface area contributed by atoms with E-state index in [1.807, 2.05) is 43.4 Å². The molecular weight excluding hydrogens is 380 g/mol. The second kappa shape index (κ2) is 8.71. The second-order valence-corrected chi connectivity index (χ2v) is 8.07. The summed E-state index contributed by atoms with van der Waals surface area (Å²) in [6, 6.07) is 24.3. The van der Waals surface area contributed by atoms with Gasteiger partial charge in [-0.1, -0.05) is 54.1 Å². The highest BCUT2D eigenvalue weighted by atomic mass is 35.5. The van der Waals surface area contributed by atoms with Crippen molar-refractivity contribution in [2.24, 2.45) is 0 Å². The zero-order valence-electron chi connectivity index (χ0n) is 16.6. The van der Waals surface area contributed by atoms with E-state index < -0.39 is 0 Å². The molecule has 1 heterocycles. The highest BCUT2D eigenvalue weighted by Gasteiger charge is 2.17. The fourth-order valence-corrected chi connectivity index (χ4v) is 4.03. The van der Waals surface area contributed by atoms with Crippen LogP contribution in [0.15, 0.2) is 72.8 Å². The van der Waals surface area contributed by atoms with E-state index in [4.69, 9.17) is 11.6 Å². The third-order valence-corrected chi connectivity index (χ3v) is 5.71. The number of amides is 1. The third-order valence-electron chi connectivity index (χ3n) is 5.46. The van der Waals surface area contributed by atoms with Gasteiger partial charge in [-0.3, -0.25) is 4.79 Å². The number of aryl methyl sites for hydroxylation is 1. The van der Waals surface area contributed by atoms with E-state index >= 15 is 0 Å². The first-order valence-electron chi connectivity index (χ1n) is 10.0. The van der Waals surface area contributed by atoms with E-state index in [0.717, 1.165) is 25.1 Å². The van der Waals surface area contributed by atoms with E-state index in [2.05, 4.69) is 41.3 Å². The van der Waals surface area contributed by atoms with Crippen molar-refractivity contribution in [3.63, 3.8) is 0 Å². The Kier molecular flexibility index (Phi) is 5.86. The molecule has 4 rings (SSSR count). The molecule has 4 heteroatoms. The second-order valence-electron chi connectivity index (χ2n) is 7.64. The molecule has 0 aliphatic carbocycles. The molecule has 0 saturated carbocycles. The quantitative estimate of drug-likeness (QED) is 0.555. The molecule has 1 aliphatic rings. The lowest BCUT2D eigenvalue weighted by molar-refractivity contribution is 0.0785. The van der Waals surface area contributed by atoms with Gasteiger partial charge in [-0.2, -0.15) is 0 Å². The molecule has 1 aliphatic heterocycles. The van der Waals surface area contributed by atoms with E-state index in [-0.39, 0.29) is 5.91 Å². The zero-order valence-corrected chi connectivity index (χ0v) is 17.4. The average molecular weight is 405 g/mol. The van der Waals surface area contributed by atoms with Gasteiger partial charge >= 0.3 is 0 Å². The normalized spacial score (nSPS) is 13.1. The number of hydrogen-bond acceptors (Lipinski definition) is 2. The lowest BCUT2D eigenvalue weighted by Crippen LogP contribution is -2.29. The zero-order chi connectivity index (χ0) is 20.2. The summed E-state index contributed by atoms with van der Waals surface area (Å²) in [5.74, 6) is 0.0230. The number of halogens is 1. The van der Waals surface area contributed by atoms with Crippen molar-refractivity contribution >= 4 is 23.2 Å². The molecule has 0 bridgehead atoms. The Morgan fingerprint density at radius 2 is 1.66 bits per heavy atom. The van der Waals surface area contributed by atoms with Crippen LogP contribution < -0.4 is 4.90 Å². The molecule has 0 atom stereocenters. The fourth-order valence-electron chi connectivity index (χ4n) is 3.90. The number of carbonyl (C=O) groups excluding carboxylic acids is 1. The Hall–Kier alpha value is -2.78. The standard InChI is InChI=1S/C25H25ClN2O/c1-27(17-19-10-14-23(26)15-11-19)25(29)22-12-8-20(9-13-22)18-28-16-4-6-21-5-2-3-7-24(21)28/h2-3,5,7-15H,4,6,16-18H2,1H3. The molecular formula is C25H25ClN2O. The minimum Gasteiger partial charge on any atom is -0.367 e. The number of benzene rings is 3. The molecule has 29 heavy (non-hydrogen) atoms. The summed E-state index contributed by atoms with van der Waals surface area (Å²) in [5, 5.41) is 0.703. The molecule has 0 fully saturated rings. The van der Waals surface area contributed by atoms with Gasteiger partial charge in [-0.25, -0.2) is 0 Å². The molecule has 3 aromatic carbocycles. The van der Waals surface area contributed by atoms with Crippen molar-refractivity contribution in [3.05, 3.63) is 100 Å². The highest BCUT2D eigenvalue weighted by molar-refractivity contribution is 6.30. The molecule has 0 N–H and O–H groups in total. The van der Waals surface area contributed by atoms with Gasteiger partial charge in [0.15, 0.2) is 0 Å². The predicted molar refractivity (Wildman–Crippen MR) is 120 cm³/mol. The largest absolute Gasteiger partial charge is 0.367 e. The Balaban J connectivity index is 1.41. The maximum atomic E-state index is 12.8. The third kappa shape index (κ3) is 4.63. The van der Waals surface area contributed by atoms with Crippen molar-refractivity contribution in [2.45, 2.75) is 25.9 Å². The number of fused-ring (bicyclic) bond motifs is 1. The van der Waals surface area contributed by atoms with Crippen molar-refractivity contribution in [1.82, 2.24) is 4.90 Å². The van der Waals surface area contributed by atoms with Crippen molar-refractivity contribution < 1.29 is 4.79 Å². The van der Waals surface area contributed by atoms with Crippen LogP contribution in [0.3, 0.4) is 0 Å². The Morgan fingerprint density at radius 1 is 0.966 bits per heavy atom. The monoisotopic (exact) mass is 404 g/mol. The van der Waals surface area contributed by atoms with Gasteiger partial charge in [0.1, 0.15) is 0 Å². The van der Waals surface area contributed by atoms with E-state index in [1.54, 1.807) is 4.90 Å². The number of carbonyl (C=O) groups is 1. The molecule has 0 saturated heterocycles. The molecule has 0 aromatic heterocycles. The number of rotatable bonds is 5. The van der Waals surface area contributed by atoms with Crippen molar-refractivity contribution in [1.29, 1.82) is 0 Å². The molecule has 0 unspecified atom stereocenters. The van der Waals surface area contributed by atoms with Crippen LogP contribution >= 0.6 is 11.6 Å². The number of para-hydroxylation sites is 1. The van der Waals surface area contributed by atoms with Crippen molar-refractivity contribution in [3.8, 4) is 0 Å². The van der Waals surface area contributed by atoms with Crippen LogP contribution in [0.25, 0.3) is 0 Å².